The van der Waals surface area contributed by atoms with Gasteiger partial charge < -0.3 is 4.79 Å². The summed E-state index contributed by atoms with van der Waals surface area (Å²) in [6.45, 7) is 0. The van der Waals surface area contributed by atoms with Gasteiger partial charge in [-0.2, -0.15) is 0 Å². The molecule has 0 aliphatic heterocycles. The van der Waals surface area contributed by atoms with Crippen LogP contribution in [0.5, 0.6) is 0 Å². The molecule has 1 heteroatoms. The molecule has 0 heterocycles. The summed E-state index contributed by atoms with van der Waals surface area (Å²) in [4.78, 5) is 11.1. The number of aldehydes is 1. The highest BCUT2D eigenvalue weighted by atomic mass is 16.1. The van der Waals surface area contributed by atoms with Crippen molar-refractivity contribution in [3.8, 4) is 0 Å². The van der Waals surface area contributed by atoms with Gasteiger partial charge in [0.1, 0.15) is 6.29 Å². The van der Waals surface area contributed by atoms with Crippen LogP contribution in [0.2, 0.25) is 0 Å². The molecule has 0 aromatic carbocycles. The zero-order valence-corrected chi connectivity index (χ0v) is 12.1. The predicted octanol–water partition coefficient (Wildman–Crippen LogP) is 4.45. The number of hydrogen-bond acceptors (Lipinski definition) is 1. The fourth-order valence-corrected chi connectivity index (χ4v) is 6.63. The third-order valence-corrected chi connectivity index (χ3v) is 7.38. The molecular formula is C18H28O. The van der Waals surface area contributed by atoms with E-state index in [1.54, 1.807) is 6.42 Å². The standard InChI is InChI=1S/C18H28O/c19-11-12-4-7-16-14(10-12)6-9-17-15-3-1-2-13(15)5-8-18(16)17/h11-18H,1-10H2/t12?,13-,14?,15+,16+,17+,18-/m1/s1. The van der Waals surface area contributed by atoms with Gasteiger partial charge >= 0.3 is 0 Å². The molecule has 0 N–H and O–H groups in total. The lowest BCUT2D eigenvalue weighted by Crippen LogP contribution is -2.44. The number of carbonyl (C=O) groups is 1. The van der Waals surface area contributed by atoms with E-state index >= 15 is 0 Å². The van der Waals surface area contributed by atoms with Crippen molar-refractivity contribution in [3.63, 3.8) is 0 Å². The molecule has 0 amide bonds. The highest BCUT2D eigenvalue weighted by Gasteiger charge is 2.49. The zero-order valence-electron chi connectivity index (χ0n) is 12.1. The highest BCUT2D eigenvalue weighted by molar-refractivity contribution is 5.53. The van der Waals surface area contributed by atoms with Gasteiger partial charge in [0.15, 0.2) is 0 Å². The Labute approximate surface area is 117 Å². The molecule has 4 saturated carbocycles. The van der Waals surface area contributed by atoms with Crippen molar-refractivity contribution in [2.24, 2.45) is 41.4 Å². The Morgan fingerprint density at radius 1 is 0.632 bits per heavy atom. The minimum Gasteiger partial charge on any atom is -0.303 e. The molecule has 106 valence electrons. The first-order chi connectivity index (χ1) is 9.36. The van der Waals surface area contributed by atoms with Gasteiger partial charge in [-0.15, -0.1) is 0 Å². The van der Waals surface area contributed by atoms with E-state index < -0.39 is 0 Å². The van der Waals surface area contributed by atoms with E-state index in [1.807, 2.05) is 0 Å². The first-order valence-corrected chi connectivity index (χ1v) is 8.82. The van der Waals surface area contributed by atoms with E-state index in [-0.39, 0.29) is 0 Å². The summed E-state index contributed by atoms with van der Waals surface area (Å²) < 4.78 is 0. The van der Waals surface area contributed by atoms with Gasteiger partial charge in [0.2, 0.25) is 0 Å². The molecule has 0 aromatic rings. The molecule has 2 unspecified atom stereocenters. The fraction of sp³-hybridized carbons (Fsp3) is 0.944. The Morgan fingerprint density at radius 2 is 1.32 bits per heavy atom. The van der Waals surface area contributed by atoms with Crippen LogP contribution in [-0.4, -0.2) is 6.29 Å². The smallest absolute Gasteiger partial charge is 0.123 e. The Morgan fingerprint density at radius 3 is 2.11 bits per heavy atom. The van der Waals surface area contributed by atoms with Crippen LogP contribution in [0.25, 0.3) is 0 Å². The van der Waals surface area contributed by atoms with E-state index in [0.29, 0.717) is 5.92 Å². The average Bonchev–Trinajstić information content (AvgIpc) is 2.94. The van der Waals surface area contributed by atoms with E-state index in [0.717, 1.165) is 35.5 Å². The van der Waals surface area contributed by atoms with E-state index in [2.05, 4.69) is 0 Å². The number of fused-ring (bicyclic) bond motifs is 5. The second kappa shape index (κ2) is 4.90. The van der Waals surface area contributed by atoms with Gasteiger partial charge in [-0.05, 0) is 86.9 Å². The Kier molecular flexibility index (Phi) is 3.20. The SMILES string of the molecule is O=CC1CC[C@H]2C(CC[C@H]3[C@H]4CCC[C@@H]4CC[C@@H]32)C1. The number of rotatable bonds is 1. The molecular weight excluding hydrogens is 232 g/mol. The molecule has 4 fully saturated rings. The average molecular weight is 260 g/mol. The second-order valence-electron chi connectivity index (χ2n) is 7.97. The van der Waals surface area contributed by atoms with Crippen LogP contribution < -0.4 is 0 Å². The van der Waals surface area contributed by atoms with Crippen molar-refractivity contribution in [1.82, 2.24) is 0 Å². The van der Waals surface area contributed by atoms with Crippen LogP contribution in [0.4, 0.5) is 0 Å². The van der Waals surface area contributed by atoms with Crippen molar-refractivity contribution in [2.75, 3.05) is 0 Å². The molecule has 0 saturated heterocycles. The lowest BCUT2D eigenvalue weighted by Gasteiger charge is -2.52. The van der Waals surface area contributed by atoms with Crippen molar-refractivity contribution in [2.45, 2.75) is 64.2 Å². The largest absolute Gasteiger partial charge is 0.303 e. The van der Waals surface area contributed by atoms with Crippen LogP contribution in [0.15, 0.2) is 0 Å². The maximum atomic E-state index is 11.1. The topological polar surface area (TPSA) is 17.1 Å². The van der Waals surface area contributed by atoms with Crippen LogP contribution >= 0.6 is 0 Å². The van der Waals surface area contributed by atoms with Crippen molar-refractivity contribution >= 4 is 6.29 Å². The monoisotopic (exact) mass is 260 g/mol. The summed E-state index contributed by atoms with van der Waals surface area (Å²) in [5.41, 5.74) is 0. The molecule has 0 radical (unpaired) electrons. The summed E-state index contributed by atoms with van der Waals surface area (Å²) >= 11 is 0. The quantitative estimate of drug-likeness (QED) is 0.636. The minimum absolute atomic E-state index is 0.403. The highest BCUT2D eigenvalue weighted by Crippen LogP contribution is 2.58. The first-order valence-electron chi connectivity index (χ1n) is 8.82. The van der Waals surface area contributed by atoms with E-state index in [4.69, 9.17) is 0 Å². The lowest BCUT2D eigenvalue weighted by atomic mass is 9.53. The lowest BCUT2D eigenvalue weighted by molar-refractivity contribution is -0.114. The van der Waals surface area contributed by atoms with Gasteiger partial charge in [0.25, 0.3) is 0 Å². The second-order valence-corrected chi connectivity index (χ2v) is 7.97. The summed E-state index contributed by atoms with van der Waals surface area (Å²) in [6, 6.07) is 0. The van der Waals surface area contributed by atoms with Gasteiger partial charge in [-0.3, -0.25) is 0 Å². The molecule has 7 atom stereocenters. The van der Waals surface area contributed by atoms with Gasteiger partial charge in [0, 0.05) is 5.92 Å². The maximum absolute atomic E-state index is 11.1. The molecule has 19 heavy (non-hydrogen) atoms. The number of hydrogen-bond donors (Lipinski definition) is 0. The molecule has 4 aliphatic rings. The maximum Gasteiger partial charge on any atom is 0.123 e. The van der Waals surface area contributed by atoms with Crippen molar-refractivity contribution in [3.05, 3.63) is 0 Å². The molecule has 4 rings (SSSR count). The summed E-state index contributed by atoms with van der Waals surface area (Å²) in [7, 11) is 0. The molecule has 0 bridgehead atoms. The van der Waals surface area contributed by atoms with Gasteiger partial charge in [0.05, 0.1) is 0 Å². The van der Waals surface area contributed by atoms with Crippen molar-refractivity contribution in [1.29, 1.82) is 0 Å². The van der Waals surface area contributed by atoms with Crippen LogP contribution in [0.1, 0.15) is 64.2 Å². The van der Waals surface area contributed by atoms with Gasteiger partial charge in [-0.1, -0.05) is 12.8 Å². The fourth-order valence-electron chi connectivity index (χ4n) is 6.63. The van der Waals surface area contributed by atoms with Crippen LogP contribution in [0.3, 0.4) is 0 Å². The Hall–Kier alpha value is -0.330. The van der Waals surface area contributed by atoms with Crippen LogP contribution in [-0.2, 0) is 4.79 Å². The minimum atomic E-state index is 0.403. The van der Waals surface area contributed by atoms with Gasteiger partial charge in [-0.25, -0.2) is 0 Å². The molecule has 4 aliphatic carbocycles. The Bertz CT molecular complexity index is 350. The van der Waals surface area contributed by atoms with E-state index in [9.17, 15) is 4.79 Å². The molecule has 1 nitrogen and oxygen atoms in total. The number of carbonyl (C=O) groups excluding carboxylic acids is 1. The first kappa shape index (κ1) is 12.4. The van der Waals surface area contributed by atoms with Crippen LogP contribution in [0, 0.1) is 41.4 Å². The van der Waals surface area contributed by atoms with E-state index in [1.165, 1.54) is 64.1 Å². The summed E-state index contributed by atoms with van der Waals surface area (Å²) in [5, 5.41) is 0. The summed E-state index contributed by atoms with van der Waals surface area (Å²) in [5.74, 6) is 6.63. The third kappa shape index (κ3) is 1.99. The molecule has 0 spiro atoms. The normalized spacial score (nSPS) is 52.9. The molecule has 0 aromatic heterocycles. The third-order valence-electron chi connectivity index (χ3n) is 7.38. The van der Waals surface area contributed by atoms with Crippen molar-refractivity contribution < 1.29 is 4.79 Å². The predicted molar refractivity (Wildman–Crippen MR) is 76.7 cm³/mol. The zero-order chi connectivity index (χ0) is 12.8. The Balaban J connectivity index is 1.51. The summed E-state index contributed by atoms with van der Waals surface area (Å²) in [6.07, 6.45) is 15.6.